The third kappa shape index (κ3) is 5.08. The van der Waals surface area contributed by atoms with Gasteiger partial charge in [-0.1, -0.05) is 63.2 Å². The number of Topliss-reactive ketones (excluding diaryl/α,β-unsaturated/α-hetero) is 1. The number of nitrogens with zero attached hydrogens (tertiary/aromatic N) is 3. The smallest absolute Gasteiger partial charge is 0.162 e. The second-order valence-electron chi connectivity index (χ2n) is 8.85. The summed E-state index contributed by atoms with van der Waals surface area (Å²) in [5.41, 5.74) is 4.69. The molecule has 1 aromatic heterocycles. The van der Waals surface area contributed by atoms with Crippen LogP contribution in [0.3, 0.4) is 0 Å². The van der Waals surface area contributed by atoms with Gasteiger partial charge in [0.15, 0.2) is 11.6 Å². The highest BCUT2D eigenvalue weighted by molar-refractivity contribution is 6.02. The lowest BCUT2D eigenvalue weighted by Crippen LogP contribution is -2.30. The van der Waals surface area contributed by atoms with Crippen LogP contribution in [0, 0.1) is 17.8 Å². The summed E-state index contributed by atoms with van der Waals surface area (Å²) in [6, 6.07) is 17.9. The van der Waals surface area contributed by atoms with Gasteiger partial charge in [-0.05, 0) is 54.0 Å². The first-order valence-corrected chi connectivity index (χ1v) is 11.3. The third-order valence-electron chi connectivity index (χ3n) is 6.15. The molecule has 162 valence electrons. The zero-order valence-electron chi connectivity index (χ0n) is 18.9. The highest BCUT2D eigenvalue weighted by Gasteiger charge is 2.32. The first-order valence-electron chi connectivity index (χ1n) is 11.3. The van der Waals surface area contributed by atoms with E-state index in [4.69, 9.17) is 0 Å². The molecule has 32 heavy (non-hydrogen) atoms. The molecule has 1 aliphatic carbocycles. The predicted molar refractivity (Wildman–Crippen MR) is 131 cm³/mol. The van der Waals surface area contributed by atoms with Crippen molar-refractivity contribution < 1.29 is 4.79 Å². The fraction of sp³-hybridized carbons (Fsp3) is 0.286. The summed E-state index contributed by atoms with van der Waals surface area (Å²) in [7, 11) is 0. The van der Waals surface area contributed by atoms with Gasteiger partial charge in [0.05, 0.1) is 5.69 Å². The van der Waals surface area contributed by atoms with Crippen molar-refractivity contribution in [3.63, 3.8) is 0 Å². The maximum atomic E-state index is 12.9. The molecule has 1 heterocycles. The monoisotopic (exact) mass is 423 g/mol. The molecule has 1 saturated carbocycles. The second-order valence-corrected chi connectivity index (χ2v) is 8.85. The molecule has 4 nitrogen and oxygen atoms in total. The largest absolute Gasteiger partial charge is 0.294 e. The van der Waals surface area contributed by atoms with Crippen LogP contribution in [-0.2, 0) is 4.79 Å². The lowest BCUT2D eigenvalue weighted by atomic mass is 9.73. The Kier molecular flexibility index (Phi) is 6.69. The SMILES string of the molecule is CC(C)[C@@H]1CC[C@@H](C)C(=Cc2ccc(N=Cc3cnc(-c4ccccc4)nc3)cc2)C1=O. The first-order chi connectivity index (χ1) is 15.5. The molecular formula is C28H29N3O. The summed E-state index contributed by atoms with van der Waals surface area (Å²) < 4.78 is 0. The molecule has 0 N–H and O–H groups in total. The van der Waals surface area contributed by atoms with E-state index >= 15 is 0 Å². The van der Waals surface area contributed by atoms with E-state index < -0.39 is 0 Å². The Bertz CT molecular complexity index is 1110. The summed E-state index contributed by atoms with van der Waals surface area (Å²) in [5.74, 6) is 1.87. The van der Waals surface area contributed by atoms with Crippen molar-refractivity contribution in [3.05, 3.63) is 83.7 Å². The van der Waals surface area contributed by atoms with E-state index in [0.29, 0.717) is 23.4 Å². The lowest BCUT2D eigenvalue weighted by molar-refractivity contribution is -0.122. The number of benzene rings is 2. The van der Waals surface area contributed by atoms with Crippen LogP contribution in [0.5, 0.6) is 0 Å². The number of carbonyl (C=O) groups excluding carboxylic acids is 1. The molecule has 1 aliphatic rings. The highest BCUT2D eigenvalue weighted by atomic mass is 16.1. The van der Waals surface area contributed by atoms with Gasteiger partial charge < -0.3 is 0 Å². The minimum absolute atomic E-state index is 0.150. The van der Waals surface area contributed by atoms with Crippen LogP contribution in [-0.4, -0.2) is 22.0 Å². The Morgan fingerprint density at radius 1 is 0.938 bits per heavy atom. The molecule has 0 aliphatic heterocycles. The number of aromatic nitrogens is 2. The van der Waals surface area contributed by atoms with E-state index in [1.54, 1.807) is 18.6 Å². The van der Waals surface area contributed by atoms with Crippen LogP contribution in [0.1, 0.15) is 44.7 Å². The summed E-state index contributed by atoms with van der Waals surface area (Å²) >= 11 is 0. The van der Waals surface area contributed by atoms with Crippen molar-refractivity contribution in [2.45, 2.75) is 33.6 Å². The maximum Gasteiger partial charge on any atom is 0.162 e. The Morgan fingerprint density at radius 3 is 2.28 bits per heavy atom. The van der Waals surface area contributed by atoms with Gasteiger partial charge in [-0.25, -0.2) is 9.97 Å². The van der Waals surface area contributed by atoms with Crippen LogP contribution in [0.4, 0.5) is 5.69 Å². The first kappa shape index (κ1) is 21.8. The molecular weight excluding hydrogens is 394 g/mol. The van der Waals surface area contributed by atoms with Crippen LogP contribution in [0.25, 0.3) is 17.5 Å². The van der Waals surface area contributed by atoms with E-state index in [1.165, 1.54) is 0 Å². The quantitative estimate of drug-likeness (QED) is 0.345. The van der Waals surface area contributed by atoms with Gasteiger partial charge in [0.1, 0.15) is 0 Å². The van der Waals surface area contributed by atoms with Gasteiger partial charge in [0.2, 0.25) is 0 Å². The Hall–Kier alpha value is -3.40. The van der Waals surface area contributed by atoms with E-state index in [0.717, 1.165) is 40.8 Å². The number of hydrogen-bond acceptors (Lipinski definition) is 4. The molecule has 4 rings (SSSR count). The molecule has 0 spiro atoms. The molecule has 0 bridgehead atoms. The summed E-state index contributed by atoms with van der Waals surface area (Å²) in [6.07, 6.45) is 9.46. The van der Waals surface area contributed by atoms with Gasteiger partial charge in [-0.2, -0.15) is 0 Å². The number of allylic oxidation sites excluding steroid dienone is 1. The summed E-state index contributed by atoms with van der Waals surface area (Å²) in [6.45, 7) is 6.44. The van der Waals surface area contributed by atoms with Gasteiger partial charge in [-0.3, -0.25) is 9.79 Å². The van der Waals surface area contributed by atoms with Crippen molar-refractivity contribution in [2.24, 2.45) is 22.7 Å². The van der Waals surface area contributed by atoms with Gasteiger partial charge >= 0.3 is 0 Å². The number of hydrogen-bond donors (Lipinski definition) is 0. The number of ketones is 1. The van der Waals surface area contributed by atoms with Crippen molar-refractivity contribution >= 4 is 23.8 Å². The van der Waals surface area contributed by atoms with Crippen LogP contribution in [0.15, 0.2) is 77.6 Å². The topological polar surface area (TPSA) is 55.2 Å². The Balaban J connectivity index is 1.45. The summed E-state index contributed by atoms with van der Waals surface area (Å²) in [5, 5.41) is 0. The minimum atomic E-state index is 0.150. The molecule has 0 saturated heterocycles. The minimum Gasteiger partial charge on any atom is -0.294 e. The van der Waals surface area contributed by atoms with Crippen LogP contribution >= 0.6 is 0 Å². The van der Waals surface area contributed by atoms with Gasteiger partial charge in [-0.15, -0.1) is 0 Å². The molecule has 0 unspecified atom stereocenters. The van der Waals surface area contributed by atoms with Gasteiger partial charge in [0, 0.05) is 35.7 Å². The van der Waals surface area contributed by atoms with E-state index in [1.807, 2.05) is 54.6 Å². The lowest BCUT2D eigenvalue weighted by Gasteiger charge is -2.30. The number of rotatable bonds is 5. The predicted octanol–water partition coefficient (Wildman–Crippen LogP) is 6.55. The maximum absolute atomic E-state index is 12.9. The van der Waals surface area contributed by atoms with Crippen molar-refractivity contribution in [3.8, 4) is 11.4 Å². The van der Waals surface area contributed by atoms with E-state index in [2.05, 4.69) is 41.8 Å². The molecule has 0 amide bonds. The second kappa shape index (κ2) is 9.82. The van der Waals surface area contributed by atoms with Crippen LogP contribution in [0.2, 0.25) is 0 Å². The Morgan fingerprint density at radius 2 is 1.62 bits per heavy atom. The molecule has 2 aromatic carbocycles. The molecule has 4 heteroatoms. The number of carbonyl (C=O) groups is 1. The van der Waals surface area contributed by atoms with E-state index in [9.17, 15) is 4.79 Å². The third-order valence-corrected chi connectivity index (χ3v) is 6.15. The molecule has 2 atom stereocenters. The van der Waals surface area contributed by atoms with Gasteiger partial charge in [0.25, 0.3) is 0 Å². The summed E-state index contributed by atoms with van der Waals surface area (Å²) in [4.78, 5) is 26.3. The average Bonchev–Trinajstić information content (AvgIpc) is 2.82. The number of aliphatic imine (C=N–C) groups is 1. The zero-order valence-corrected chi connectivity index (χ0v) is 18.9. The van der Waals surface area contributed by atoms with Crippen LogP contribution < -0.4 is 0 Å². The highest BCUT2D eigenvalue weighted by Crippen LogP contribution is 2.35. The molecule has 1 fully saturated rings. The van der Waals surface area contributed by atoms with Crippen molar-refractivity contribution in [2.75, 3.05) is 0 Å². The fourth-order valence-electron chi connectivity index (χ4n) is 4.15. The van der Waals surface area contributed by atoms with Crippen molar-refractivity contribution in [1.29, 1.82) is 0 Å². The fourth-order valence-corrected chi connectivity index (χ4v) is 4.15. The van der Waals surface area contributed by atoms with E-state index in [-0.39, 0.29) is 5.92 Å². The van der Waals surface area contributed by atoms with Crippen molar-refractivity contribution in [1.82, 2.24) is 9.97 Å². The molecule has 3 aromatic rings. The average molecular weight is 424 g/mol. The Labute approximate surface area is 190 Å². The zero-order chi connectivity index (χ0) is 22.5. The normalized spacial score (nSPS) is 20.4. The standard InChI is InChI=1S/C28H29N3O/c1-19(2)25-14-9-20(3)26(27(25)32)15-21-10-12-24(13-11-21)29-16-22-17-30-28(31-18-22)23-7-5-4-6-8-23/h4-8,10-13,15-20,25H,9,14H2,1-3H3/t20-,25+/m1/s1. The molecule has 0 radical (unpaired) electrons.